The van der Waals surface area contributed by atoms with Gasteiger partial charge in [-0.15, -0.1) is 0 Å². The molecule has 0 N–H and O–H groups in total. The molecule has 1 aromatic carbocycles. The third kappa shape index (κ3) is 3.87. The lowest BCUT2D eigenvalue weighted by Gasteiger charge is -2.22. The fourth-order valence-corrected chi connectivity index (χ4v) is 3.62. The molecule has 0 aliphatic carbocycles. The molecular formula is C21H25FN2O2. The van der Waals surface area contributed by atoms with Crippen LogP contribution in [0, 0.1) is 12.7 Å². The summed E-state index contributed by atoms with van der Waals surface area (Å²) in [5.74, 6) is -0.271. The first-order chi connectivity index (χ1) is 12.5. The predicted octanol–water partition coefficient (Wildman–Crippen LogP) is 4.21. The quantitative estimate of drug-likeness (QED) is 0.770. The summed E-state index contributed by atoms with van der Waals surface area (Å²) in [5.41, 5.74) is 2.95. The van der Waals surface area contributed by atoms with Gasteiger partial charge in [0.2, 0.25) is 5.91 Å². The van der Waals surface area contributed by atoms with Crippen molar-refractivity contribution in [2.24, 2.45) is 0 Å². The molecule has 4 nitrogen and oxygen atoms in total. The number of amides is 1. The number of aromatic nitrogens is 1. The number of Topliss-reactive ketones (excluding diaryl/α,β-unsaturated/α-hetero) is 1. The summed E-state index contributed by atoms with van der Waals surface area (Å²) in [4.78, 5) is 26.8. The van der Waals surface area contributed by atoms with Gasteiger partial charge in [0.15, 0.2) is 5.78 Å². The molecule has 1 saturated heterocycles. The van der Waals surface area contributed by atoms with E-state index in [1.54, 1.807) is 18.2 Å². The maximum atomic E-state index is 13.3. The summed E-state index contributed by atoms with van der Waals surface area (Å²) >= 11 is 0. The molecule has 138 valence electrons. The molecule has 0 bridgehead atoms. The minimum Gasteiger partial charge on any atom is -0.341 e. The molecule has 1 aromatic heterocycles. The minimum atomic E-state index is -0.309. The molecular weight excluding hydrogens is 331 g/mol. The Balaban J connectivity index is 1.95. The second-order valence-electron chi connectivity index (χ2n) is 6.97. The smallest absolute Gasteiger partial charge is 0.242 e. The number of benzene rings is 1. The summed E-state index contributed by atoms with van der Waals surface area (Å²) in [6.45, 7) is 5.18. The van der Waals surface area contributed by atoms with Gasteiger partial charge in [0.1, 0.15) is 12.4 Å². The number of nitrogens with zero attached hydrogens (tertiary/aromatic N) is 2. The molecule has 0 unspecified atom stereocenters. The highest BCUT2D eigenvalue weighted by Gasteiger charge is 2.21. The molecule has 1 amide bonds. The van der Waals surface area contributed by atoms with E-state index in [4.69, 9.17) is 0 Å². The molecule has 26 heavy (non-hydrogen) atoms. The van der Waals surface area contributed by atoms with Crippen molar-refractivity contribution < 1.29 is 14.0 Å². The summed E-state index contributed by atoms with van der Waals surface area (Å²) in [6, 6.07) is 7.96. The van der Waals surface area contributed by atoms with Crippen molar-refractivity contribution in [2.75, 3.05) is 13.1 Å². The Kier molecular flexibility index (Phi) is 5.55. The topological polar surface area (TPSA) is 42.3 Å². The van der Waals surface area contributed by atoms with Gasteiger partial charge in [-0.2, -0.15) is 0 Å². The van der Waals surface area contributed by atoms with Gasteiger partial charge in [0.05, 0.1) is 0 Å². The Labute approximate surface area is 153 Å². The van der Waals surface area contributed by atoms with Gasteiger partial charge in [-0.1, -0.05) is 12.8 Å². The van der Waals surface area contributed by atoms with Crippen LogP contribution in [0.2, 0.25) is 0 Å². The minimum absolute atomic E-state index is 0.0353. The van der Waals surface area contributed by atoms with Crippen molar-refractivity contribution in [1.82, 2.24) is 9.47 Å². The molecule has 3 rings (SSSR count). The third-order valence-corrected chi connectivity index (χ3v) is 5.14. The summed E-state index contributed by atoms with van der Waals surface area (Å²) in [6.07, 6.45) is 4.42. The zero-order valence-corrected chi connectivity index (χ0v) is 15.4. The Morgan fingerprint density at radius 1 is 1.04 bits per heavy atom. The van der Waals surface area contributed by atoms with Crippen molar-refractivity contribution in [1.29, 1.82) is 0 Å². The Hall–Kier alpha value is -2.43. The van der Waals surface area contributed by atoms with Crippen LogP contribution >= 0.6 is 0 Å². The number of rotatable bonds is 4. The number of hydrogen-bond donors (Lipinski definition) is 0. The number of likely N-dealkylation sites (tertiary alicyclic amines) is 1. The van der Waals surface area contributed by atoms with E-state index < -0.39 is 0 Å². The Morgan fingerprint density at radius 3 is 2.23 bits per heavy atom. The summed E-state index contributed by atoms with van der Waals surface area (Å²) in [7, 11) is 0. The van der Waals surface area contributed by atoms with Crippen molar-refractivity contribution >= 4 is 11.7 Å². The number of carbonyl (C=O) groups excluding carboxylic acids is 2. The lowest BCUT2D eigenvalue weighted by molar-refractivity contribution is -0.131. The second-order valence-corrected chi connectivity index (χ2v) is 6.97. The average Bonchev–Trinajstić information content (AvgIpc) is 2.80. The Morgan fingerprint density at radius 2 is 1.65 bits per heavy atom. The number of hydrogen-bond acceptors (Lipinski definition) is 2. The maximum Gasteiger partial charge on any atom is 0.242 e. The lowest BCUT2D eigenvalue weighted by atomic mass is 10.1. The van der Waals surface area contributed by atoms with Crippen molar-refractivity contribution in [2.45, 2.75) is 46.1 Å². The summed E-state index contributed by atoms with van der Waals surface area (Å²) < 4.78 is 15.2. The van der Waals surface area contributed by atoms with Gasteiger partial charge in [0.25, 0.3) is 0 Å². The highest BCUT2D eigenvalue weighted by molar-refractivity contribution is 5.97. The van der Waals surface area contributed by atoms with Gasteiger partial charge in [-0.05, 0) is 62.6 Å². The number of ketones is 1. The number of halogens is 1. The first kappa shape index (κ1) is 18.4. The van der Waals surface area contributed by atoms with Crippen LogP contribution in [-0.2, 0) is 11.3 Å². The monoisotopic (exact) mass is 356 g/mol. The zero-order valence-electron chi connectivity index (χ0n) is 15.4. The second kappa shape index (κ2) is 7.85. The van der Waals surface area contributed by atoms with Crippen LogP contribution in [0.15, 0.2) is 30.3 Å². The van der Waals surface area contributed by atoms with E-state index in [2.05, 4.69) is 0 Å². The van der Waals surface area contributed by atoms with Crippen LogP contribution in [0.4, 0.5) is 4.39 Å². The van der Waals surface area contributed by atoms with Gasteiger partial charge < -0.3 is 9.47 Å². The highest BCUT2D eigenvalue weighted by Crippen LogP contribution is 2.27. The van der Waals surface area contributed by atoms with E-state index in [1.165, 1.54) is 31.9 Å². The molecule has 0 spiro atoms. The van der Waals surface area contributed by atoms with E-state index >= 15 is 0 Å². The normalized spacial score (nSPS) is 15.0. The van der Waals surface area contributed by atoms with E-state index in [0.29, 0.717) is 5.56 Å². The van der Waals surface area contributed by atoms with Crippen molar-refractivity contribution in [3.8, 4) is 11.3 Å². The van der Waals surface area contributed by atoms with Crippen LogP contribution < -0.4 is 0 Å². The molecule has 1 fully saturated rings. The van der Waals surface area contributed by atoms with Gasteiger partial charge in [0, 0.05) is 30.0 Å². The van der Waals surface area contributed by atoms with E-state index in [1.807, 2.05) is 16.4 Å². The average molecular weight is 356 g/mol. The maximum absolute atomic E-state index is 13.3. The lowest BCUT2D eigenvalue weighted by Crippen LogP contribution is -2.35. The molecule has 1 aliphatic rings. The molecule has 2 aromatic rings. The van der Waals surface area contributed by atoms with Gasteiger partial charge in [-0.25, -0.2) is 4.39 Å². The molecule has 1 aliphatic heterocycles. The van der Waals surface area contributed by atoms with E-state index in [9.17, 15) is 14.0 Å². The predicted molar refractivity (Wildman–Crippen MR) is 99.6 cm³/mol. The first-order valence-corrected chi connectivity index (χ1v) is 9.22. The molecule has 5 heteroatoms. The standard InChI is InChI=1S/C21H25FN2O2/c1-15-19(16(2)25)13-20(17-7-9-18(22)10-8-17)24(15)14-21(26)23-11-5-3-4-6-12-23/h7-10,13H,3-6,11-12,14H2,1-2H3. The van der Waals surface area contributed by atoms with Gasteiger partial charge in [-0.3, -0.25) is 9.59 Å². The molecule has 2 heterocycles. The van der Waals surface area contributed by atoms with Crippen LogP contribution in [0.3, 0.4) is 0 Å². The molecule has 0 radical (unpaired) electrons. The van der Waals surface area contributed by atoms with Crippen LogP contribution in [0.1, 0.15) is 48.7 Å². The van der Waals surface area contributed by atoms with E-state index in [0.717, 1.165) is 42.9 Å². The van der Waals surface area contributed by atoms with Crippen molar-refractivity contribution in [3.63, 3.8) is 0 Å². The molecule has 0 atom stereocenters. The van der Waals surface area contributed by atoms with Crippen LogP contribution in [-0.4, -0.2) is 34.2 Å². The zero-order chi connectivity index (χ0) is 18.7. The van der Waals surface area contributed by atoms with Crippen LogP contribution in [0.25, 0.3) is 11.3 Å². The highest BCUT2D eigenvalue weighted by atomic mass is 19.1. The van der Waals surface area contributed by atoms with E-state index in [-0.39, 0.29) is 24.1 Å². The fourth-order valence-electron chi connectivity index (χ4n) is 3.62. The van der Waals surface area contributed by atoms with Gasteiger partial charge >= 0.3 is 0 Å². The SMILES string of the molecule is CC(=O)c1cc(-c2ccc(F)cc2)n(CC(=O)N2CCCCCC2)c1C. The fraction of sp³-hybridized carbons (Fsp3) is 0.429. The summed E-state index contributed by atoms with van der Waals surface area (Å²) in [5, 5.41) is 0. The molecule has 0 saturated carbocycles. The number of carbonyl (C=O) groups is 2. The first-order valence-electron chi connectivity index (χ1n) is 9.22. The van der Waals surface area contributed by atoms with Crippen LogP contribution in [0.5, 0.6) is 0 Å². The Bertz CT molecular complexity index is 800. The van der Waals surface area contributed by atoms with Crippen molar-refractivity contribution in [3.05, 3.63) is 47.4 Å². The largest absolute Gasteiger partial charge is 0.341 e. The third-order valence-electron chi connectivity index (χ3n) is 5.14.